The van der Waals surface area contributed by atoms with E-state index in [2.05, 4.69) is 19.8 Å². The predicted octanol–water partition coefficient (Wildman–Crippen LogP) is 2.40. The molecule has 0 radical (unpaired) electrons. The van der Waals surface area contributed by atoms with Gasteiger partial charge in [-0.05, 0) is 30.1 Å². The molecule has 6 nitrogen and oxygen atoms in total. The Balaban J connectivity index is 1.72. The third kappa shape index (κ3) is 3.03. The summed E-state index contributed by atoms with van der Waals surface area (Å²) in [4.78, 5) is 4.13. The van der Waals surface area contributed by atoms with Gasteiger partial charge in [-0.15, -0.1) is 0 Å². The number of nitrogens with one attached hydrogen (secondary N) is 1. The van der Waals surface area contributed by atoms with E-state index in [1.165, 1.54) is 11.5 Å². The van der Waals surface area contributed by atoms with E-state index in [0.29, 0.717) is 5.82 Å². The summed E-state index contributed by atoms with van der Waals surface area (Å²) in [5.74, 6) is 0.533. The van der Waals surface area contributed by atoms with Crippen LogP contribution in [0.3, 0.4) is 0 Å². The highest BCUT2D eigenvalue weighted by atomic mass is 32.1. The molecule has 0 aliphatic heterocycles. The minimum absolute atomic E-state index is 0.533. The lowest BCUT2D eigenvalue weighted by Gasteiger charge is -2.07. The Morgan fingerprint density at radius 2 is 2.29 bits per heavy atom. The molecule has 3 rings (SSSR count). The van der Waals surface area contributed by atoms with E-state index in [9.17, 15) is 0 Å². The molecular weight excluding hydrogens is 284 g/mol. The number of hydrogen-bond donors (Lipinski definition) is 2. The van der Waals surface area contributed by atoms with Crippen LogP contribution in [0.5, 0.6) is 0 Å². The minimum Gasteiger partial charge on any atom is -0.382 e. The lowest BCUT2D eigenvalue weighted by Crippen LogP contribution is -2.10. The Bertz CT molecular complexity index is 718. The molecular formula is C14H16N6S. The number of pyridine rings is 1. The molecule has 21 heavy (non-hydrogen) atoms. The van der Waals surface area contributed by atoms with Crippen molar-refractivity contribution in [2.24, 2.45) is 0 Å². The Morgan fingerprint density at radius 3 is 3.00 bits per heavy atom. The lowest BCUT2D eigenvalue weighted by molar-refractivity contribution is 0.638. The minimum atomic E-state index is 0.533. The van der Waals surface area contributed by atoms with E-state index in [1.807, 2.05) is 36.1 Å². The van der Waals surface area contributed by atoms with Gasteiger partial charge in [-0.25, -0.2) is 0 Å². The molecule has 3 aromatic heterocycles. The molecule has 108 valence electrons. The molecule has 0 saturated carbocycles. The van der Waals surface area contributed by atoms with Gasteiger partial charge in [0.2, 0.25) is 0 Å². The van der Waals surface area contributed by atoms with E-state index in [-0.39, 0.29) is 0 Å². The van der Waals surface area contributed by atoms with Crippen molar-refractivity contribution in [2.45, 2.75) is 13.5 Å². The Labute approximate surface area is 126 Å². The van der Waals surface area contributed by atoms with Gasteiger partial charge in [-0.2, -0.15) is 9.47 Å². The normalized spacial score (nSPS) is 10.7. The number of nitrogens with zero attached hydrogens (tertiary/aromatic N) is 4. The fourth-order valence-corrected chi connectivity index (χ4v) is 2.85. The summed E-state index contributed by atoms with van der Waals surface area (Å²) in [6, 6.07) is 3.87. The van der Waals surface area contributed by atoms with Gasteiger partial charge in [0.05, 0.1) is 18.3 Å². The monoisotopic (exact) mass is 300 g/mol. The molecule has 0 aliphatic rings. The second kappa shape index (κ2) is 5.92. The second-order valence-corrected chi connectivity index (χ2v) is 5.49. The van der Waals surface area contributed by atoms with E-state index in [4.69, 9.17) is 5.73 Å². The van der Waals surface area contributed by atoms with Gasteiger partial charge in [0.15, 0.2) is 0 Å². The third-order valence-electron chi connectivity index (χ3n) is 3.06. The van der Waals surface area contributed by atoms with Gasteiger partial charge in [0.1, 0.15) is 10.8 Å². The first kappa shape index (κ1) is 13.6. The number of nitrogens with two attached hydrogens (primary N) is 1. The van der Waals surface area contributed by atoms with Crippen LogP contribution in [-0.2, 0) is 6.54 Å². The summed E-state index contributed by atoms with van der Waals surface area (Å²) >= 11 is 1.37. The number of aryl methyl sites for hydroxylation is 1. The number of aromatic nitrogens is 4. The van der Waals surface area contributed by atoms with Crippen LogP contribution < -0.4 is 11.1 Å². The van der Waals surface area contributed by atoms with Crippen LogP contribution >= 0.6 is 11.5 Å². The molecule has 0 amide bonds. The maximum atomic E-state index is 5.97. The van der Waals surface area contributed by atoms with Crippen molar-refractivity contribution in [1.82, 2.24) is 19.1 Å². The van der Waals surface area contributed by atoms with Crippen LogP contribution in [0.2, 0.25) is 0 Å². The van der Waals surface area contributed by atoms with E-state index < -0.39 is 0 Å². The number of rotatable bonds is 5. The maximum absolute atomic E-state index is 5.97. The molecule has 0 bridgehead atoms. The van der Waals surface area contributed by atoms with Crippen LogP contribution in [0.1, 0.15) is 5.56 Å². The van der Waals surface area contributed by atoms with Crippen LogP contribution in [0.15, 0.2) is 36.9 Å². The van der Waals surface area contributed by atoms with Crippen molar-refractivity contribution in [3.05, 3.63) is 42.5 Å². The Hall–Kier alpha value is -2.41. The standard InChI is InChI=1S/C14H16N6S/c1-10-7-18-20(9-10)6-5-17-14-12(13(15)19-21-14)11-3-2-4-16-8-11/h2-4,7-9,17H,5-6H2,1H3,(H2,15,19). The molecule has 7 heteroatoms. The van der Waals surface area contributed by atoms with Crippen molar-refractivity contribution >= 4 is 22.4 Å². The van der Waals surface area contributed by atoms with Crippen molar-refractivity contribution in [3.8, 4) is 11.1 Å². The largest absolute Gasteiger partial charge is 0.382 e. The van der Waals surface area contributed by atoms with Crippen molar-refractivity contribution < 1.29 is 0 Å². The first-order valence-corrected chi connectivity index (χ1v) is 7.40. The van der Waals surface area contributed by atoms with Gasteiger partial charge in [0.25, 0.3) is 0 Å². The first-order chi connectivity index (χ1) is 10.2. The average molecular weight is 300 g/mol. The van der Waals surface area contributed by atoms with Crippen LogP contribution in [-0.4, -0.2) is 25.7 Å². The third-order valence-corrected chi connectivity index (χ3v) is 3.88. The van der Waals surface area contributed by atoms with Gasteiger partial charge < -0.3 is 11.1 Å². The topological polar surface area (TPSA) is 81.7 Å². The molecule has 3 heterocycles. The zero-order valence-corrected chi connectivity index (χ0v) is 12.5. The Kier molecular flexibility index (Phi) is 3.83. The van der Waals surface area contributed by atoms with Crippen LogP contribution in [0.4, 0.5) is 10.8 Å². The second-order valence-electron chi connectivity index (χ2n) is 4.72. The van der Waals surface area contributed by atoms with Crippen molar-refractivity contribution in [2.75, 3.05) is 17.6 Å². The van der Waals surface area contributed by atoms with Crippen molar-refractivity contribution in [1.29, 1.82) is 0 Å². The highest BCUT2D eigenvalue weighted by Gasteiger charge is 2.13. The molecule has 0 fully saturated rings. The molecule has 0 aliphatic carbocycles. The smallest absolute Gasteiger partial charge is 0.147 e. The highest BCUT2D eigenvalue weighted by molar-refractivity contribution is 7.11. The maximum Gasteiger partial charge on any atom is 0.147 e. The molecule has 0 aromatic carbocycles. The number of hydrogen-bond acceptors (Lipinski definition) is 6. The number of nitrogen functional groups attached to an aromatic ring is 1. The van der Waals surface area contributed by atoms with Gasteiger partial charge in [-0.3, -0.25) is 9.67 Å². The zero-order valence-electron chi connectivity index (χ0n) is 11.7. The van der Waals surface area contributed by atoms with Gasteiger partial charge in [0, 0.05) is 30.7 Å². The molecule has 0 saturated heterocycles. The van der Waals surface area contributed by atoms with E-state index in [0.717, 1.165) is 34.8 Å². The summed E-state index contributed by atoms with van der Waals surface area (Å²) in [5.41, 5.74) is 9.03. The van der Waals surface area contributed by atoms with Crippen LogP contribution in [0, 0.1) is 6.92 Å². The summed E-state index contributed by atoms with van der Waals surface area (Å²) in [7, 11) is 0. The zero-order chi connectivity index (χ0) is 14.7. The summed E-state index contributed by atoms with van der Waals surface area (Å²) in [6.45, 7) is 3.58. The molecule has 0 atom stereocenters. The van der Waals surface area contributed by atoms with Gasteiger partial charge >= 0.3 is 0 Å². The predicted molar refractivity (Wildman–Crippen MR) is 85.2 cm³/mol. The SMILES string of the molecule is Cc1cnn(CCNc2snc(N)c2-c2cccnc2)c1. The van der Waals surface area contributed by atoms with E-state index >= 15 is 0 Å². The fourth-order valence-electron chi connectivity index (χ4n) is 2.09. The van der Waals surface area contributed by atoms with Crippen LogP contribution in [0.25, 0.3) is 11.1 Å². The van der Waals surface area contributed by atoms with Crippen molar-refractivity contribution in [3.63, 3.8) is 0 Å². The lowest BCUT2D eigenvalue weighted by atomic mass is 10.1. The van der Waals surface area contributed by atoms with Gasteiger partial charge in [-0.1, -0.05) is 6.07 Å². The summed E-state index contributed by atoms with van der Waals surface area (Å²) in [5, 5.41) is 8.60. The first-order valence-electron chi connectivity index (χ1n) is 6.62. The molecule has 0 unspecified atom stereocenters. The Morgan fingerprint density at radius 1 is 1.38 bits per heavy atom. The summed E-state index contributed by atoms with van der Waals surface area (Å²) < 4.78 is 6.14. The van der Waals surface area contributed by atoms with E-state index in [1.54, 1.807) is 12.4 Å². The average Bonchev–Trinajstić information content (AvgIpc) is 3.06. The molecule has 3 aromatic rings. The summed E-state index contributed by atoms with van der Waals surface area (Å²) in [6.07, 6.45) is 7.41. The highest BCUT2D eigenvalue weighted by Crippen LogP contribution is 2.36. The number of anilines is 2. The fraction of sp³-hybridized carbons (Fsp3) is 0.214. The quantitative estimate of drug-likeness (QED) is 0.756. The molecule has 0 spiro atoms. The molecule has 3 N–H and O–H groups in total.